The number of nitrogens with one attached hydrogen (secondary N) is 1. The lowest BCUT2D eigenvalue weighted by molar-refractivity contribution is -0.133. The lowest BCUT2D eigenvalue weighted by Crippen LogP contribution is -2.51. The van der Waals surface area contributed by atoms with Crippen molar-refractivity contribution >= 4 is 52.2 Å². The van der Waals surface area contributed by atoms with Gasteiger partial charge in [-0.2, -0.15) is 0 Å². The summed E-state index contributed by atoms with van der Waals surface area (Å²) in [6, 6.07) is 13.6. The van der Waals surface area contributed by atoms with Crippen molar-refractivity contribution in [1.29, 1.82) is 0 Å². The minimum atomic E-state index is -1.69. The number of aliphatic carboxylic acids is 2. The van der Waals surface area contributed by atoms with Crippen LogP contribution in [0.2, 0.25) is 10.0 Å². The number of carbonyl (C=O) groups excluding carboxylic acids is 1. The molecule has 3 aliphatic heterocycles. The molecule has 0 aromatic heterocycles. The van der Waals surface area contributed by atoms with Crippen LogP contribution in [-0.2, 0) is 25.6 Å². The van der Waals surface area contributed by atoms with E-state index in [4.69, 9.17) is 23.2 Å². The van der Waals surface area contributed by atoms with E-state index in [2.05, 4.69) is 22.2 Å². The maximum Gasteiger partial charge on any atom is 0.334 e. The Morgan fingerprint density at radius 3 is 2.11 bits per heavy atom. The van der Waals surface area contributed by atoms with Crippen molar-refractivity contribution in [2.45, 2.75) is 36.1 Å². The number of likely N-dealkylation sites (N-methyl/N-ethyl adjacent to an activating group) is 1. The summed E-state index contributed by atoms with van der Waals surface area (Å²) in [5.74, 6) is -4.81. The van der Waals surface area contributed by atoms with Crippen LogP contribution in [-0.4, -0.2) is 105 Å². The van der Waals surface area contributed by atoms with Gasteiger partial charge in [0.25, 0.3) is 0 Å². The first-order valence-electron chi connectivity index (χ1n) is 14.8. The van der Waals surface area contributed by atoms with E-state index in [-0.39, 0.29) is 56.2 Å². The van der Waals surface area contributed by atoms with Crippen LogP contribution in [0.4, 0.5) is 0 Å². The number of rotatable bonds is 10. The molecule has 240 valence electrons. The molecule has 2 aromatic carbocycles. The lowest BCUT2D eigenvalue weighted by atomic mass is 9.79. The minimum absolute atomic E-state index is 0.0218. The Labute approximate surface area is 275 Å². The Kier molecular flexibility index (Phi) is 10.8. The second kappa shape index (κ2) is 14.6. The smallest absolute Gasteiger partial charge is 0.334 e. The molecule has 45 heavy (non-hydrogen) atoms. The molecule has 2 fully saturated rings. The van der Waals surface area contributed by atoms with Crippen LogP contribution in [0.25, 0.3) is 0 Å². The quantitative estimate of drug-likeness (QED) is 0.322. The monoisotopic (exact) mass is 674 g/mol. The second-order valence-electron chi connectivity index (χ2n) is 11.5. The van der Waals surface area contributed by atoms with Gasteiger partial charge in [-0.3, -0.25) is 9.69 Å². The van der Waals surface area contributed by atoms with Crippen molar-refractivity contribution in [3.8, 4) is 0 Å². The summed E-state index contributed by atoms with van der Waals surface area (Å²) in [6.07, 6.45) is 2.03. The Balaban J connectivity index is 1.46. The number of carboxylic acid groups (broad SMARTS) is 2. The highest BCUT2D eigenvalue weighted by Gasteiger charge is 2.42. The van der Waals surface area contributed by atoms with Crippen molar-refractivity contribution in [2.75, 3.05) is 52.1 Å². The van der Waals surface area contributed by atoms with E-state index in [0.717, 1.165) is 19.5 Å². The molecule has 3 atom stereocenters. The zero-order valence-corrected chi connectivity index (χ0v) is 27.2. The lowest BCUT2D eigenvalue weighted by Gasteiger charge is -2.37. The van der Waals surface area contributed by atoms with Crippen LogP contribution in [0, 0.1) is 0 Å². The van der Waals surface area contributed by atoms with Gasteiger partial charge in [0.15, 0.2) is 10.6 Å². The topological polar surface area (TPSA) is 136 Å². The number of hydrogen-bond acceptors (Lipinski definition) is 7. The van der Waals surface area contributed by atoms with Gasteiger partial charge in [0.1, 0.15) is 0 Å². The number of hydrogen-bond donors (Lipinski definition) is 3. The van der Waals surface area contributed by atoms with E-state index in [0.29, 0.717) is 37.1 Å². The largest absolute Gasteiger partial charge is 0.611 e. The number of piperazine rings is 1. The molecule has 0 spiro atoms. The van der Waals surface area contributed by atoms with Crippen LogP contribution < -0.4 is 5.32 Å². The van der Waals surface area contributed by atoms with Crippen LogP contribution in [0.5, 0.6) is 0 Å². The number of halogens is 2. The average Bonchev–Trinajstić information content (AvgIpc) is 3.41. The third-order valence-corrected chi connectivity index (χ3v) is 10.8. The predicted molar refractivity (Wildman–Crippen MR) is 173 cm³/mol. The van der Waals surface area contributed by atoms with Crippen LogP contribution in [0.1, 0.15) is 30.7 Å². The van der Waals surface area contributed by atoms with E-state index in [1.165, 1.54) is 18.6 Å². The number of dihydropyridines is 1. The normalized spacial score (nSPS) is 22.0. The third-order valence-electron chi connectivity index (χ3n) is 8.75. The van der Waals surface area contributed by atoms with Crippen LogP contribution >= 0.6 is 23.2 Å². The molecular formula is C32H36Cl2N4O6S. The first kappa shape index (κ1) is 33.3. The summed E-state index contributed by atoms with van der Waals surface area (Å²) in [5, 5.41) is 24.0. The van der Waals surface area contributed by atoms with Gasteiger partial charge >= 0.3 is 11.9 Å². The van der Waals surface area contributed by atoms with Crippen molar-refractivity contribution in [1.82, 2.24) is 20.0 Å². The summed E-state index contributed by atoms with van der Waals surface area (Å²) < 4.78 is 13.4. The van der Waals surface area contributed by atoms with E-state index >= 15 is 0 Å². The molecule has 0 radical (unpaired) electrons. The first-order valence-corrected chi connectivity index (χ1v) is 16.9. The van der Waals surface area contributed by atoms with Gasteiger partial charge in [0, 0.05) is 60.1 Å². The molecule has 1 amide bonds. The van der Waals surface area contributed by atoms with Crippen molar-refractivity contribution in [2.24, 2.45) is 0 Å². The summed E-state index contributed by atoms with van der Waals surface area (Å²) in [7, 11) is 2.14. The highest BCUT2D eigenvalue weighted by molar-refractivity contribution is 7.91. The molecule has 0 bridgehead atoms. The van der Waals surface area contributed by atoms with Gasteiger partial charge in [0.05, 0.1) is 29.2 Å². The van der Waals surface area contributed by atoms with E-state index in [1.54, 1.807) is 41.3 Å². The highest BCUT2D eigenvalue weighted by atomic mass is 35.5. The molecule has 2 aromatic rings. The van der Waals surface area contributed by atoms with E-state index in [9.17, 15) is 29.1 Å². The maximum atomic E-state index is 13.7. The molecule has 3 heterocycles. The molecule has 5 rings (SSSR count). The standard InChI is InChI=1S/C32H36Cl2N4O6S/c1-36-12-6-7-20(36)18-37-13-15-38(16-14-37)26(39)17-24-28(31(40)41)30(27-22(33)10-5-11-23(27)34)29(32(42)43)25(35-24)19-45(44)21-8-3-2-4-9-21/h2-5,8-11,20,30,35H,6-7,12-19H2,1H3,(H,40,41)(H,42,43)/t20-,30?,45?/m1/s1. The highest BCUT2D eigenvalue weighted by Crippen LogP contribution is 2.45. The van der Waals surface area contributed by atoms with Gasteiger partial charge in [0.2, 0.25) is 5.91 Å². The van der Waals surface area contributed by atoms with Crippen molar-refractivity contribution in [3.05, 3.63) is 86.7 Å². The summed E-state index contributed by atoms with van der Waals surface area (Å²) in [6.45, 7) is 4.43. The predicted octanol–water partition coefficient (Wildman–Crippen LogP) is 3.79. The number of nitrogens with zero attached hydrogens (tertiary/aromatic N) is 3. The van der Waals surface area contributed by atoms with E-state index in [1.807, 2.05) is 0 Å². The molecule has 3 aliphatic rings. The minimum Gasteiger partial charge on any atom is -0.611 e. The van der Waals surface area contributed by atoms with Crippen molar-refractivity contribution < 1.29 is 29.1 Å². The zero-order chi connectivity index (χ0) is 32.2. The number of benzene rings is 2. The fraction of sp³-hybridized carbons (Fsp3) is 0.406. The van der Waals surface area contributed by atoms with Gasteiger partial charge in [-0.1, -0.05) is 47.5 Å². The number of carbonyl (C=O) groups is 3. The van der Waals surface area contributed by atoms with Crippen molar-refractivity contribution in [3.63, 3.8) is 0 Å². The Morgan fingerprint density at radius 1 is 0.911 bits per heavy atom. The number of amides is 1. The number of likely N-dealkylation sites (tertiary alicyclic amines) is 1. The van der Waals surface area contributed by atoms with Crippen LogP contribution in [0.3, 0.4) is 0 Å². The maximum absolute atomic E-state index is 13.7. The number of carboxylic acids is 2. The molecule has 3 N–H and O–H groups in total. The van der Waals surface area contributed by atoms with Gasteiger partial charge in [-0.05, 0) is 61.9 Å². The second-order valence-corrected chi connectivity index (χ2v) is 13.8. The van der Waals surface area contributed by atoms with E-state index < -0.39 is 29.0 Å². The Hall–Kier alpha value is -3.06. The van der Waals surface area contributed by atoms with Gasteiger partial charge in [-0.15, -0.1) is 0 Å². The first-order chi connectivity index (χ1) is 21.5. The molecule has 13 heteroatoms. The Bertz CT molecular complexity index is 1490. The zero-order valence-electron chi connectivity index (χ0n) is 24.9. The summed E-state index contributed by atoms with van der Waals surface area (Å²) in [4.78, 5) is 46.3. The van der Waals surface area contributed by atoms with Crippen LogP contribution in [0.15, 0.2) is 76.0 Å². The molecule has 2 saturated heterocycles. The molecule has 0 saturated carbocycles. The Morgan fingerprint density at radius 2 is 1.53 bits per heavy atom. The molecule has 0 aliphatic carbocycles. The fourth-order valence-corrected chi connectivity index (χ4v) is 8.11. The summed E-state index contributed by atoms with van der Waals surface area (Å²) in [5.41, 5.74) is -0.533. The van der Waals surface area contributed by atoms with Gasteiger partial charge in [-0.25, -0.2) is 9.59 Å². The van der Waals surface area contributed by atoms with Gasteiger partial charge < -0.3 is 29.9 Å². The fourth-order valence-electron chi connectivity index (χ4n) is 6.38. The third kappa shape index (κ3) is 7.51. The molecular weight excluding hydrogens is 639 g/mol. The molecule has 10 nitrogen and oxygen atoms in total. The summed E-state index contributed by atoms with van der Waals surface area (Å²) >= 11 is 11.4. The molecule has 2 unspecified atom stereocenters. The SMILES string of the molecule is CN1CCC[C@@H]1CN1CCN(C(=O)CC2=C(C(=O)O)C(c3c(Cl)cccc3Cl)C(C(=O)O)=C(C[S+]([O-])c3ccccc3)N2)CC1. The average molecular weight is 676 g/mol.